The van der Waals surface area contributed by atoms with E-state index in [0.29, 0.717) is 37.9 Å². The van der Waals surface area contributed by atoms with Crippen molar-refractivity contribution < 1.29 is 14.3 Å². The standard InChI is InChI=1S/C33H47ClN4O3SSi/c1-20(2)43(21(3)4,22(5)6)41-29-15-27(13-24(29)17-39)37-33-28(16-35-19-36-33)32(40)30-14-25(18-42-30)31(38(7)8)23-10-9-11-26(34)12-23/h9-12,14,16,18-22,24,27,29,31,39H,13,15,17H2,1-8H3,(H,35,36,37)/t24-,27-,29+,31+/m1/s1. The summed E-state index contributed by atoms with van der Waals surface area (Å²) in [6.07, 6.45) is 4.55. The first-order valence-electron chi connectivity index (χ1n) is 15.3. The van der Waals surface area contributed by atoms with Crippen LogP contribution in [-0.4, -0.2) is 66.9 Å². The zero-order chi connectivity index (χ0) is 31.5. The number of aliphatic hydroxyl groups is 1. The molecule has 0 unspecified atom stereocenters. The van der Waals surface area contributed by atoms with E-state index in [1.54, 1.807) is 6.20 Å². The number of thiophene rings is 1. The summed E-state index contributed by atoms with van der Waals surface area (Å²) in [5, 5.41) is 16.6. The number of nitrogens with zero attached hydrogens (tertiary/aromatic N) is 3. The highest BCUT2D eigenvalue weighted by Crippen LogP contribution is 2.46. The number of nitrogens with one attached hydrogen (secondary N) is 1. The molecule has 0 spiro atoms. The second kappa shape index (κ2) is 14.3. The molecule has 2 N–H and O–H groups in total. The Kier molecular flexibility index (Phi) is 11.2. The number of aromatic nitrogens is 2. The van der Waals surface area contributed by atoms with E-state index < -0.39 is 8.32 Å². The second-order valence-corrected chi connectivity index (χ2v) is 19.8. The Hall–Kier alpha value is -2.14. The van der Waals surface area contributed by atoms with Crippen molar-refractivity contribution in [3.63, 3.8) is 0 Å². The monoisotopic (exact) mass is 642 g/mol. The Bertz CT molecular complexity index is 1360. The number of ketones is 1. The number of hydrogen-bond donors (Lipinski definition) is 2. The minimum atomic E-state index is -2.12. The molecule has 234 valence electrons. The maximum atomic E-state index is 13.8. The fourth-order valence-electron chi connectivity index (χ4n) is 7.23. The van der Waals surface area contributed by atoms with Crippen LogP contribution in [0.5, 0.6) is 0 Å². The van der Waals surface area contributed by atoms with Crippen molar-refractivity contribution >= 4 is 42.9 Å². The van der Waals surface area contributed by atoms with Gasteiger partial charge in [0.05, 0.1) is 22.6 Å². The summed E-state index contributed by atoms with van der Waals surface area (Å²) in [6.45, 7) is 13.8. The average molecular weight is 643 g/mol. The molecule has 1 aliphatic rings. The van der Waals surface area contributed by atoms with Gasteiger partial charge in [0.15, 0.2) is 0 Å². The molecule has 1 aromatic carbocycles. The summed E-state index contributed by atoms with van der Waals surface area (Å²) in [7, 11) is 1.92. The summed E-state index contributed by atoms with van der Waals surface area (Å²) in [4.78, 5) is 25.3. The van der Waals surface area contributed by atoms with Gasteiger partial charge in [-0.15, -0.1) is 11.3 Å². The van der Waals surface area contributed by atoms with Crippen LogP contribution < -0.4 is 5.32 Å². The normalized spacial score (nSPS) is 20.0. The SMILES string of the molecule is CC(C)[Si](O[C@H]1C[C@H](Nc2ncncc2C(=O)c2cc([C@H](c3cccc(Cl)c3)N(C)C)cs2)C[C@@H]1CO)(C(C)C)C(C)C. The van der Waals surface area contributed by atoms with Crippen molar-refractivity contribution in [2.45, 2.75) is 89.2 Å². The summed E-state index contributed by atoms with van der Waals surface area (Å²) in [5.41, 5.74) is 3.93. The van der Waals surface area contributed by atoms with Gasteiger partial charge < -0.3 is 14.8 Å². The molecule has 0 saturated heterocycles. The van der Waals surface area contributed by atoms with Crippen LogP contribution in [0, 0.1) is 5.92 Å². The van der Waals surface area contributed by atoms with Gasteiger partial charge in [-0.3, -0.25) is 9.69 Å². The molecule has 1 fully saturated rings. The lowest BCUT2D eigenvalue weighted by Gasteiger charge is -2.45. The third-order valence-corrected chi connectivity index (χ3v) is 16.4. The van der Waals surface area contributed by atoms with Gasteiger partial charge in [-0.1, -0.05) is 65.3 Å². The number of benzene rings is 1. The van der Waals surface area contributed by atoms with Crippen LogP contribution in [0.25, 0.3) is 0 Å². The molecule has 4 rings (SSSR count). The first-order valence-corrected chi connectivity index (χ1v) is 18.7. The average Bonchev–Trinajstić information content (AvgIpc) is 3.58. The molecule has 2 heterocycles. The molecule has 2 aromatic heterocycles. The summed E-state index contributed by atoms with van der Waals surface area (Å²) in [6, 6.07) is 9.78. The van der Waals surface area contributed by atoms with E-state index in [9.17, 15) is 9.90 Å². The van der Waals surface area contributed by atoms with Crippen LogP contribution in [0.2, 0.25) is 21.6 Å². The number of hydrogen-bond acceptors (Lipinski definition) is 8. The third kappa shape index (κ3) is 7.23. The number of rotatable bonds is 13. The molecule has 1 aliphatic carbocycles. The second-order valence-electron chi connectivity index (χ2n) is 13.0. The van der Waals surface area contributed by atoms with Crippen LogP contribution >= 0.6 is 22.9 Å². The molecular formula is C33H47ClN4O3SSi. The zero-order valence-corrected chi connectivity index (χ0v) is 29.2. The molecule has 0 radical (unpaired) electrons. The van der Waals surface area contributed by atoms with Gasteiger partial charge in [-0.05, 0) is 78.3 Å². The highest BCUT2D eigenvalue weighted by atomic mass is 35.5. The van der Waals surface area contributed by atoms with E-state index in [4.69, 9.17) is 16.0 Å². The Labute approximate surface area is 267 Å². The van der Waals surface area contributed by atoms with Crippen molar-refractivity contribution in [1.29, 1.82) is 0 Å². The highest BCUT2D eigenvalue weighted by molar-refractivity contribution is 7.12. The van der Waals surface area contributed by atoms with E-state index in [2.05, 4.69) is 67.8 Å². The smallest absolute Gasteiger partial charge is 0.208 e. The van der Waals surface area contributed by atoms with Crippen LogP contribution in [0.1, 0.15) is 86.8 Å². The van der Waals surface area contributed by atoms with E-state index >= 15 is 0 Å². The molecule has 7 nitrogen and oxygen atoms in total. The number of aliphatic hydroxyl groups excluding tert-OH is 1. The molecular weight excluding hydrogens is 596 g/mol. The topological polar surface area (TPSA) is 87.6 Å². The predicted octanol–water partition coefficient (Wildman–Crippen LogP) is 7.82. The maximum absolute atomic E-state index is 13.8. The van der Waals surface area contributed by atoms with Crippen LogP contribution in [0.4, 0.5) is 5.82 Å². The Morgan fingerprint density at radius 2 is 1.81 bits per heavy atom. The lowest BCUT2D eigenvalue weighted by molar-refractivity contribution is 0.0941. The first-order chi connectivity index (χ1) is 20.4. The van der Waals surface area contributed by atoms with E-state index in [1.807, 2.05) is 43.7 Å². The Morgan fingerprint density at radius 1 is 1.12 bits per heavy atom. The highest BCUT2D eigenvalue weighted by Gasteiger charge is 2.49. The van der Waals surface area contributed by atoms with Crippen molar-refractivity contribution in [2.24, 2.45) is 5.92 Å². The summed E-state index contributed by atoms with van der Waals surface area (Å²) in [5.74, 6) is 0.450. The van der Waals surface area contributed by atoms with Gasteiger partial charge in [0.25, 0.3) is 0 Å². The van der Waals surface area contributed by atoms with Gasteiger partial charge in [0.1, 0.15) is 12.1 Å². The minimum Gasteiger partial charge on any atom is -0.413 e. The first kappa shape index (κ1) is 33.7. The van der Waals surface area contributed by atoms with Gasteiger partial charge in [0.2, 0.25) is 14.1 Å². The molecule has 3 aromatic rings. The van der Waals surface area contributed by atoms with Crippen LogP contribution in [-0.2, 0) is 4.43 Å². The van der Waals surface area contributed by atoms with Crippen LogP contribution in [0.15, 0.2) is 48.2 Å². The fourth-order valence-corrected chi connectivity index (χ4v) is 13.9. The molecule has 0 amide bonds. The largest absolute Gasteiger partial charge is 0.413 e. The van der Waals surface area contributed by atoms with Crippen molar-refractivity contribution in [3.8, 4) is 0 Å². The Balaban J connectivity index is 1.55. The van der Waals surface area contributed by atoms with Gasteiger partial charge in [-0.25, -0.2) is 9.97 Å². The Morgan fingerprint density at radius 3 is 2.42 bits per heavy atom. The third-order valence-electron chi connectivity index (χ3n) is 9.06. The van der Waals surface area contributed by atoms with E-state index in [-0.39, 0.29) is 36.5 Å². The predicted molar refractivity (Wildman–Crippen MR) is 180 cm³/mol. The van der Waals surface area contributed by atoms with E-state index in [1.165, 1.54) is 17.7 Å². The van der Waals surface area contributed by atoms with Gasteiger partial charge in [0, 0.05) is 29.8 Å². The molecule has 43 heavy (non-hydrogen) atoms. The van der Waals surface area contributed by atoms with E-state index in [0.717, 1.165) is 24.0 Å². The number of anilines is 1. The van der Waals surface area contributed by atoms with Gasteiger partial charge >= 0.3 is 0 Å². The number of carbonyl (C=O) groups excluding carboxylic acids is 1. The quantitative estimate of drug-likeness (QED) is 0.145. The molecule has 1 saturated carbocycles. The lowest BCUT2D eigenvalue weighted by Crippen LogP contribution is -2.51. The number of halogens is 1. The van der Waals surface area contributed by atoms with Gasteiger partial charge in [-0.2, -0.15) is 0 Å². The van der Waals surface area contributed by atoms with Crippen molar-refractivity contribution in [1.82, 2.24) is 14.9 Å². The minimum absolute atomic E-state index is 0.0293. The van der Waals surface area contributed by atoms with Crippen LogP contribution in [0.3, 0.4) is 0 Å². The molecule has 10 heteroatoms. The molecule has 0 bridgehead atoms. The van der Waals surface area contributed by atoms with Crippen molar-refractivity contribution in [3.05, 3.63) is 74.8 Å². The lowest BCUT2D eigenvalue weighted by atomic mass is 9.99. The zero-order valence-electron chi connectivity index (χ0n) is 26.7. The number of carbonyl (C=O) groups is 1. The maximum Gasteiger partial charge on any atom is 0.208 e. The summed E-state index contributed by atoms with van der Waals surface area (Å²) >= 11 is 7.72. The summed E-state index contributed by atoms with van der Waals surface area (Å²) < 4.78 is 7.12. The van der Waals surface area contributed by atoms with Crippen molar-refractivity contribution in [2.75, 3.05) is 26.0 Å². The molecule has 0 aliphatic heterocycles. The fraction of sp³-hybridized carbons (Fsp3) is 0.545. The molecule has 4 atom stereocenters.